The zero-order valence-corrected chi connectivity index (χ0v) is 14.9. The van der Waals surface area contributed by atoms with Crippen LogP contribution in [0, 0.1) is 0 Å². The van der Waals surface area contributed by atoms with Gasteiger partial charge in [0, 0.05) is 25.2 Å². The van der Waals surface area contributed by atoms with Crippen LogP contribution in [0.5, 0.6) is 11.5 Å². The monoisotopic (exact) mass is 363 g/mol. The molecule has 25 heavy (non-hydrogen) atoms. The molecule has 0 saturated carbocycles. The summed E-state index contributed by atoms with van der Waals surface area (Å²) in [6.45, 7) is 1.43. The van der Waals surface area contributed by atoms with E-state index < -0.39 is 0 Å². The average Bonchev–Trinajstić information content (AvgIpc) is 2.60. The number of carbonyl (C=O) groups is 1. The van der Waals surface area contributed by atoms with Gasteiger partial charge in [-0.25, -0.2) is 0 Å². The lowest BCUT2D eigenvalue weighted by atomic mass is 10.2. The van der Waals surface area contributed by atoms with Crippen LogP contribution in [-0.2, 0) is 9.53 Å². The summed E-state index contributed by atoms with van der Waals surface area (Å²) in [6, 6.07) is 14.4. The summed E-state index contributed by atoms with van der Waals surface area (Å²) in [7, 11) is 1.65. The largest absolute Gasteiger partial charge is 0.493 e. The number of methoxy groups -OCH3 is 1. The lowest BCUT2D eigenvalue weighted by Crippen LogP contribution is -2.16. The third kappa shape index (κ3) is 7.03. The summed E-state index contributed by atoms with van der Waals surface area (Å²) < 4.78 is 16.2. The van der Waals surface area contributed by atoms with Crippen LogP contribution in [0.4, 0.5) is 5.69 Å². The van der Waals surface area contributed by atoms with Gasteiger partial charge in [-0.15, -0.1) is 0 Å². The summed E-state index contributed by atoms with van der Waals surface area (Å²) in [4.78, 5) is 12.1. The number of ether oxygens (including phenoxy) is 3. The van der Waals surface area contributed by atoms with Crippen molar-refractivity contribution < 1.29 is 19.0 Å². The van der Waals surface area contributed by atoms with Crippen molar-refractivity contribution in [3.63, 3.8) is 0 Å². The minimum atomic E-state index is -0.144. The highest BCUT2D eigenvalue weighted by Gasteiger charge is 2.08. The smallest absolute Gasteiger partial charge is 0.227 e. The molecule has 0 aliphatic carbocycles. The fourth-order valence-corrected chi connectivity index (χ4v) is 2.29. The van der Waals surface area contributed by atoms with Crippen LogP contribution in [0.25, 0.3) is 0 Å². The van der Waals surface area contributed by atoms with Gasteiger partial charge in [0.15, 0.2) is 0 Å². The lowest BCUT2D eigenvalue weighted by Gasteiger charge is -2.12. The molecule has 1 amide bonds. The van der Waals surface area contributed by atoms with E-state index in [9.17, 15) is 4.79 Å². The molecule has 1 N–H and O–H groups in total. The maximum absolute atomic E-state index is 12.1. The second kappa shape index (κ2) is 10.6. The van der Waals surface area contributed by atoms with Gasteiger partial charge < -0.3 is 19.5 Å². The first-order valence-electron chi connectivity index (χ1n) is 8.08. The molecule has 2 aromatic carbocycles. The molecule has 2 aromatic rings. The number of carbonyl (C=O) groups excluding carboxylic acids is 1. The molecule has 0 spiro atoms. The van der Waals surface area contributed by atoms with Crippen LogP contribution in [0.1, 0.15) is 12.8 Å². The molecular formula is C19H22ClNO4. The minimum Gasteiger partial charge on any atom is -0.493 e. The van der Waals surface area contributed by atoms with Crippen molar-refractivity contribution in [2.24, 2.45) is 0 Å². The lowest BCUT2D eigenvalue weighted by molar-refractivity contribution is -0.116. The van der Waals surface area contributed by atoms with Crippen molar-refractivity contribution in [3.8, 4) is 11.5 Å². The predicted octanol–water partition coefficient (Wildman–Crippen LogP) is 4.16. The van der Waals surface area contributed by atoms with Crippen molar-refractivity contribution in [1.29, 1.82) is 0 Å². The summed E-state index contributed by atoms with van der Waals surface area (Å²) in [6.07, 6.45) is 1.01. The number of para-hydroxylation sites is 2. The maximum atomic E-state index is 12.1. The summed E-state index contributed by atoms with van der Waals surface area (Å²) in [5, 5.41) is 3.45. The third-order valence-electron chi connectivity index (χ3n) is 3.31. The van der Waals surface area contributed by atoms with Crippen LogP contribution < -0.4 is 14.8 Å². The molecule has 0 atom stereocenters. The number of rotatable bonds is 10. The Morgan fingerprint density at radius 3 is 2.68 bits per heavy atom. The van der Waals surface area contributed by atoms with E-state index in [2.05, 4.69) is 5.32 Å². The normalized spacial score (nSPS) is 10.3. The zero-order chi connectivity index (χ0) is 17.9. The summed E-state index contributed by atoms with van der Waals surface area (Å²) >= 11 is 5.89. The highest BCUT2D eigenvalue weighted by atomic mass is 35.5. The molecular weight excluding hydrogens is 342 g/mol. The van der Waals surface area contributed by atoms with E-state index >= 15 is 0 Å². The van der Waals surface area contributed by atoms with Crippen LogP contribution in [0.3, 0.4) is 0 Å². The van der Waals surface area contributed by atoms with Gasteiger partial charge in [0.05, 0.1) is 25.3 Å². The summed E-state index contributed by atoms with van der Waals surface area (Å²) in [5.41, 5.74) is 0.646. The van der Waals surface area contributed by atoms with Crippen molar-refractivity contribution in [1.82, 2.24) is 0 Å². The quantitative estimate of drug-likeness (QED) is 0.644. The number of amides is 1. The molecule has 6 heteroatoms. The molecule has 0 aliphatic rings. The topological polar surface area (TPSA) is 56.8 Å². The molecule has 0 bridgehead atoms. The zero-order valence-electron chi connectivity index (χ0n) is 14.2. The molecule has 0 heterocycles. The molecule has 0 fully saturated rings. The van der Waals surface area contributed by atoms with Gasteiger partial charge >= 0.3 is 0 Å². The fourth-order valence-electron chi connectivity index (χ4n) is 2.11. The molecule has 5 nitrogen and oxygen atoms in total. The van der Waals surface area contributed by atoms with E-state index in [4.69, 9.17) is 25.8 Å². The molecule has 0 unspecified atom stereocenters. The Labute approximate surface area is 152 Å². The Hall–Kier alpha value is -2.24. The summed E-state index contributed by atoms with van der Waals surface area (Å²) in [5.74, 6) is 1.14. The minimum absolute atomic E-state index is 0.144. The standard InChI is InChI=1S/C19H22ClNO4/c1-23-11-5-12-25-18-9-3-2-8-17(18)21-19(22)10-13-24-16-7-4-6-15(20)14-16/h2-4,6-9,14H,5,10-13H2,1H3,(H,21,22). The Morgan fingerprint density at radius 2 is 1.88 bits per heavy atom. The SMILES string of the molecule is COCCCOc1ccccc1NC(=O)CCOc1cccc(Cl)c1. The van der Waals surface area contributed by atoms with Gasteiger partial charge in [-0.05, 0) is 30.3 Å². The second-order valence-corrected chi connectivity index (χ2v) is 5.73. The molecule has 0 aromatic heterocycles. The van der Waals surface area contributed by atoms with Crippen LogP contribution in [-0.4, -0.2) is 32.8 Å². The number of hydrogen-bond acceptors (Lipinski definition) is 4. The molecule has 134 valence electrons. The van der Waals surface area contributed by atoms with E-state index in [0.29, 0.717) is 35.4 Å². The van der Waals surface area contributed by atoms with Gasteiger partial charge in [0.25, 0.3) is 0 Å². The Balaban J connectivity index is 1.79. The third-order valence-corrected chi connectivity index (χ3v) is 3.54. The Kier molecular flexibility index (Phi) is 8.09. The highest BCUT2D eigenvalue weighted by molar-refractivity contribution is 6.30. The predicted molar refractivity (Wildman–Crippen MR) is 98.6 cm³/mol. The first kappa shape index (κ1) is 19.1. The van der Waals surface area contributed by atoms with E-state index in [1.807, 2.05) is 18.2 Å². The number of nitrogens with one attached hydrogen (secondary N) is 1. The fraction of sp³-hybridized carbons (Fsp3) is 0.316. The average molecular weight is 364 g/mol. The maximum Gasteiger partial charge on any atom is 0.227 e. The first-order valence-corrected chi connectivity index (χ1v) is 8.46. The molecule has 0 aliphatic heterocycles. The Morgan fingerprint density at radius 1 is 1.04 bits per heavy atom. The molecule has 2 rings (SSSR count). The van der Waals surface area contributed by atoms with E-state index in [0.717, 1.165) is 6.42 Å². The first-order chi connectivity index (χ1) is 12.2. The van der Waals surface area contributed by atoms with Gasteiger partial charge in [-0.3, -0.25) is 4.79 Å². The van der Waals surface area contributed by atoms with Crippen LogP contribution in [0.2, 0.25) is 5.02 Å². The Bertz CT molecular complexity index is 678. The highest BCUT2D eigenvalue weighted by Crippen LogP contribution is 2.24. The van der Waals surface area contributed by atoms with Gasteiger partial charge in [0.2, 0.25) is 5.91 Å². The van der Waals surface area contributed by atoms with E-state index in [1.54, 1.807) is 37.4 Å². The second-order valence-electron chi connectivity index (χ2n) is 5.29. The van der Waals surface area contributed by atoms with E-state index in [-0.39, 0.29) is 18.9 Å². The van der Waals surface area contributed by atoms with Crippen LogP contribution >= 0.6 is 11.6 Å². The van der Waals surface area contributed by atoms with Crippen molar-refractivity contribution in [2.45, 2.75) is 12.8 Å². The van der Waals surface area contributed by atoms with Crippen molar-refractivity contribution >= 4 is 23.2 Å². The van der Waals surface area contributed by atoms with Crippen LogP contribution in [0.15, 0.2) is 48.5 Å². The van der Waals surface area contributed by atoms with Crippen molar-refractivity contribution in [3.05, 3.63) is 53.6 Å². The van der Waals surface area contributed by atoms with Gasteiger partial charge in [-0.1, -0.05) is 29.8 Å². The number of hydrogen-bond donors (Lipinski definition) is 1. The number of benzene rings is 2. The van der Waals surface area contributed by atoms with E-state index in [1.165, 1.54) is 0 Å². The molecule has 0 radical (unpaired) electrons. The van der Waals surface area contributed by atoms with Gasteiger partial charge in [-0.2, -0.15) is 0 Å². The molecule has 0 saturated heterocycles. The van der Waals surface area contributed by atoms with Crippen molar-refractivity contribution in [2.75, 3.05) is 32.2 Å². The van der Waals surface area contributed by atoms with Gasteiger partial charge in [0.1, 0.15) is 11.5 Å². The number of halogens is 1. The number of anilines is 1.